The third-order valence-electron chi connectivity index (χ3n) is 6.39. The molecule has 1 spiro atoms. The maximum atomic E-state index is 12.3. The van der Waals surface area contributed by atoms with Crippen molar-refractivity contribution in [1.82, 2.24) is 14.6 Å². The number of fused-ring (bicyclic) bond motifs is 1. The maximum absolute atomic E-state index is 12.3. The van der Waals surface area contributed by atoms with Gasteiger partial charge in [-0.3, -0.25) is 4.79 Å². The standard InChI is InChI=1S/C21H28N4O5/c1-5-6-7-8-14(26)27-15-16-21(15)18(29-19(2,3)30-21)20(4,28-16)13-10-9-12-17(22)23-11-24-25(12)13/h9-11,15-16,18H,5-8H2,1-4H3,(H2,22,23,24)/t15?,16-,18+,20+,21-/m1/s1. The fraction of sp³-hybridized carbons (Fsp3) is 0.667. The SMILES string of the molecule is CCCCCC(=O)OC1[C@H]2O[C@@](C)(c3ccc4c(N)ncnn34)[C@@H]3OC(C)(C)O[C@]123. The lowest BCUT2D eigenvalue weighted by Gasteiger charge is -2.33. The molecule has 0 amide bonds. The first-order valence-corrected chi connectivity index (χ1v) is 10.6. The van der Waals surface area contributed by atoms with Gasteiger partial charge in [0.05, 0.1) is 5.69 Å². The normalized spacial score (nSPS) is 35.9. The summed E-state index contributed by atoms with van der Waals surface area (Å²) in [5, 5.41) is 4.35. The number of carbonyl (C=O) groups is 1. The van der Waals surface area contributed by atoms with Crippen LogP contribution in [0.2, 0.25) is 0 Å². The molecular formula is C21H28N4O5. The number of nitrogens with zero attached hydrogens (tertiary/aromatic N) is 3. The van der Waals surface area contributed by atoms with Gasteiger partial charge >= 0.3 is 5.97 Å². The Kier molecular flexibility index (Phi) is 4.20. The topological polar surface area (TPSA) is 110 Å². The highest BCUT2D eigenvalue weighted by Gasteiger charge is 2.88. The minimum Gasteiger partial charge on any atom is -0.456 e. The van der Waals surface area contributed by atoms with Gasteiger partial charge in [0.1, 0.15) is 29.7 Å². The van der Waals surface area contributed by atoms with E-state index in [4.69, 9.17) is 24.7 Å². The van der Waals surface area contributed by atoms with Crippen LogP contribution in [0, 0.1) is 0 Å². The van der Waals surface area contributed by atoms with Crippen LogP contribution in [-0.4, -0.2) is 50.3 Å². The molecule has 9 nitrogen and oxygen atoms in total. The number of nitrogens with two attached hydrogens (primary N) is 1. The first-order valence-electron chi connectivity index (χ1n) is 10.6. The summed E-state index contributed by atoms with van der Waals surface area (Å²) in [7, 11) is 0. The predicted octanol–water partition coefficient (Wildman–Crippen LogP) is 2.32. The van der Waals surface area contributed by atoms with Crippen molar-refractivity contribution in [3.8, 4) is 0 Å². The summed E-state index contributed by atoms with van der Waals surface area (Å²) in [6.07, 6.45) is 3.36. The lowest BCUT2D eigenvalue weighted by molar-refractivity contribution is -0.196. The largest absolute Gasteiger partial charge is 0.456 e. The van der Waals surface area contributed by atoms with Crippen LogP contribution in [0.5, 0.6) is 0 Å². The lowest BCUT2D eigenvalue weighted by Crippen LogP contribution is -2.45. The fourth-order valence-electron chi connectivity index (χ4n) is 5.04. The second-order valence-corrected chi connectivity index (χ2v) is 9.03. The third kappa shape index (κ3) is 2.61. The van der Waals surface area contributed by atoms with Gasteiger partial charge in [0, 0.05) is 6.42 Å². The number of aromatic nitrogens is 3. The molecule has 4 heterocycles. The van der Waals surface area contributed by atoms with Gasteiger partial charge in [-0.25, -0.2) is 9.50 Å². The minimum absolute atomic E-state index is 0.219. The second kappa shape index (κ2) is 6.38. The number of rotatable bonds is 6. The Labute approximate surface area is 174 Å². The van der Waals surface area contributed by atoms with Gasteiger partial charge in [-0.05, 0) is 39.3 Å². The Bertz CT molecular complexity index is 1010. The van der Waals surface area contributed by atoms with Crippen LogP contribution < -0.4 is 5.73 Å². The quantitative estimate of drug-likeness (QED) is 0.564. The molecule has 30 heavy (non-hydrogen) atoms. The van der Waals surface area contributed by atoms with Crippen LogP contribution in [0.4, 0.5) is 5.82 Å². The molecule has 0 aromatic carbocycles. The van der Waals surface area contributed by atoms with Crippen molar-refractivity contribution in [2.45, 2.75) is 88.7 Å². The highest BCUT2D eigenvalue weighted by atomic mass is 16.8. The van der Waals surface area contributed by atoms with Crippen molar-refractivity contribution in [1.29, 1.82) is 0 Å². The number of unbranched alkanes of at least 4 members (excludes halogenated alkanes) is 2. The molecule has 3 aliphatic rings. The van der Waals surface area contributed by atoms with Gasteiger partial charge in [0.15, 0.2) is 23.3 Å². The molecule has 1 aliphatic carbocycles. The molecule has 2 aromatic rings. The average Bonchev–Trinajstić information content (AvgIpc) is 3.03. The molecule has 162 valence electrons. The summed E-state index contributed by atoms with van der Waals surface area (Å²) in [6.45, 7) is 7.79. The highest BCUT2D eigenvalue weighted by Crippen LogP contribution is 2.67. The molecular weight excluding hydrogens is 388 g/mol. The number of hydrogen-bond donors (Lipinski definition) is 1. The smallest absolute Gasteiger partial charge is 0.306 e. The van der Waals surface area contributed by atoms with E-state index >= 15 is 0 Å². The van der Waals surface area contributed by atoms with Gasteiger partial charge < -0.3 is 24.7 Å². The monoisotopic (exact) mass is 416 g/mol. The molecule has 2 aromatic heterocycles. The maximum Gasteiger partial charge on any atom is 0.306 e. The molecule has 0 bridgehead atoms. The van der Waals surface area contributed by atoms with Crippen molar-refractivity contribution in [3.63, 3.8) is 0 Å². The summed E-state index contributed by atoms with van der Waals surface area (Å²) in [5.74, 6) is -0.651. The van der Waals surface area contributed by atoms with E-state index in [1.165, 1.54) is 6.33 Å². The first-order chi connectivity index (χ1) is 14.2. The van der Waals surface area contributed by atoms with Gasteiger partial charge in [-0.15, -0.1) is 0 Å². The van der Waals surface area contributed by atoms with Crippen molar-refractivity contribution in [3.05, 3.63) is 24.2 Å². The van der Waals surface area contributed by atoms with Crippen LogP contribution >= 0.6 is 0 Å². The Morgan fingerprint density at radius 3 is 2.83 bits per heavy atom. The molecule has 1 unspecified atom stereocenters. The van der Waals surface area contributed by atoms with E-state index in [0.29, 0.717) is 17.8 Å². The second-order valence-electron chi connectivity index (χ2n) is 9.03. The van der Waals surface area contributed by atoms with Crippen LogP contribution in [0.25, 0.3) is 5.52 Å². The number of ether oxygens (including phenoxy) is 4. The van der Waals surface area contributed by atoms with Gasteiger partial charge in [0.25, 0.3) is 0 Å². The third-order valence-corrected chi connectivity index (χ3v) is 6.39. The van der Waals surface area contributed by atoms with E-state index < -0.39 is 35.3 Å². The molecule has 2 saturated heterocycles. The van der Waals surface area contributed by atoms with Crippen LogP contribution in [0.15, 0.2) is 18.5 Å². The molecule has 3 fully saturated rings. The molecule has 5 rings (SSSR count). The summed E-state index contributed by atoms with van der Waals surface area (Å²) < 4.78 is 26.6. The molecule has 1 saturated carbocycles. The van der Waals surface area contributed by atoms with E-state index in [1.807, 2.05) is 32.9 Å². The van der Waals surface area contributed by atoms with E-state index in [-0.39, 0.29) is 5.97 Å². The molecule has 2 aliphatic heterocycles. The lowest BCUT2D eigenvalue weighted by atomic mass is 9.91. The van der Waals surface area contributed by atoms with Crippen LogP contribution in [0.1, 0.15) is 59.1 Å². The molecule has 0 radical (unpaired) electrons. The van der Waals surface area contributed by atoms with Gasteiger partial charge in [-0.1, -0.05) is 19.8 Å². The van der Waals surface area contributed by atoms with Crippen molar-refractivity contribution >= 4 is 17.3 Å². The van der Waals surface area contributed by atoms with Crippen molar-refractivity contribution in [2.24, 2.45) is 0 Å². The van der Waals surface area contributed by atoms with Crippen molar-refractivity contribution < 1.29 is 23.7 Å². The van der Waals surface area contributed by atoms with E-state index in [9.17, 15) is 4.79 Å². The summed E-state index contributed by atoms with van der Waals surface area (Å²) in [6, 6.07) is 3.78. The Hall–Kier alpha value is -2.23. The Morgan fingerprint density at radius 1 is 1.27 bits per heavy atom. The van der Waals surface area contributed by atoms with E-state index in [1.54, 1.807) is 4.52 Å². The van der Waals surface area contributed by atoms with E-state index in [0.717, 1.165) is 25.0 Å². The zero-order chi connectivity index (χ0) is 21.3. The van der Waals surface area contributed by atoms with E-state index in [2.05, 4.69) is 17.0 Å². The van der Waals surface area contributed by atoms with Crippen molar-refractivity contribution in [2.75, 3.05) is 5.73 Å². The average molecular weight is 416 g/mol. The number of esters is 1. The zero-order valence-electron chi connectivity index (χ0n) is 17.8. The van der Waals surface area contributed by atoms with Crippen LogP contribution in [-0.2, 0) is 29.3 Å². The summed E-state index contributed by atoms with van der Waals surface area (Å²) in [5.41, 5.74) is 5.82. The number of anilines is 1. The number of nitrogen functional groups attached to an aromatic ring is 1. The Balaban J connectivity index is 1.45. The van der Waals surface area contributed by atoms with Gasteiger partial charge in [-0.2, -0.15) is 5.10 Å². The zero-order valence-corrected chi connectivity index (χ0v) is 17.8. The molecule has 9 heteroatoms. The minimum atomic E-state index is -0.850. The fourth-order valence-corrected chi connectivity index (χ4v) is 5.04. The highest BCUT2D eigenvalue weighted by molar-refractivity contribution is 5.70. The molecule has 2 N–H and O–H groups in total. The van der Waals surface area contributed by atoms with Gasteiger partial charge in [0.2, 0.25) is 0 Å². The Morgan fingerprint density at radius 2 is 2.07 bits per heavy atom. The van der Waals surface area contributed by atoms with Crippen LogP contribution in [0.3, 0.4) is 0 Å². The molecule has 5 atom stereocenters. The summed E-state index contributed by atoms with van der Waals surface area (Å²) >= 11 is 0. The predicted molar refractivity (Wildman–Crippen MR) is 106 cm³/mol. The number of carbonyl (C=O) groups excluding carboxylic acids is 1. The first kappa shape index (κ1) is 19.7. The summed E-state index contributed by atoms with van der Waals surface area (Å²) in [4.78, 5) is 16.4. The number of hydrogen-bond acceptors (Lipinski definition) is 8.